The van der Waals surface area contributed by atoms with Gasteiger partial charge in [-0.25, -0.2) is 8.78 Å². The largest absolute Gasteiger partial charge is 0.356 e. The fourth-order valence-electron chi connectivity index (χ4n) is 3.09. The van der Waals surface area contributed by atoms with E-state index in [1.54, 1.807) is 7.05 Å². The van der Waals surface area contributed by atoms with E-state index in [-0.39, 0.29) is 5.92 Å². The van der Waals surface area contributed by atoms with Crippen LogP contribution in [0.2, 0.25) is 0 Å². The molecule has 0 spiro atoms. The Hall–Kier alpha value is -1.95. The fourth-order valence-corrected chi connectivity index (χ4v) is 3.09. The topological polar surface area (TPSA) is 39.7 Å². The van der Waals surface area contributed by atoms with E-state index in [1.165, 1.54) is 12.1 Å². The molecule has 1 aromatic rings. The van der Waals surface area contributed by atoms with Crippen LogP contribution in [0.3, 0.4) is 0 Å². The van der Waals surface area contributed by atoms with E-state index in [0.717, 1.165) is 44.5 Å². The SMILES string of the molecule is C=CCN1CCC(NC(=NC)NCC(C)c2ccc(F)cc2F)CC1. The van der Waals surface area contributed by atoms with Gasteiger partial charge in [0.2, 0.25) is 0 Å². The minimum Gasteiger partial charge on any atom is -0.356 e. The number of hydrogen-bond donors (Lipinski definition) is 2. The summed E-state index contributed by atoms with van der Waals surface area (Å²) in [5.74, 6) is -0.432. The van der Waals surface area contributed by atoms with Crippen molar-refractivity contribution in [2.45, 2.75) is 31.7 Å². The molecule has 2 N–H and O–H groups in total. The van der Waals surface area contributed by atoms with Crippen molar-refractivity contribution in [3.8, 4) is 0 Å². The quantitative estimate of drug-likeness (QED) is 0.471. The first-order valence-corrected chi connectivity index (χ1v) is 8.78. The molecule has 0 aliphatic carbocycles. The number of aliphatic imine (C=N–C) groups is 1. The first-order valence-electron chi connectivity index (χ1n) is 8.78. The molecule has 0 aromatic heterocycles. The monoisotopic (exact) mass is 350 g/mol. The van der Waals surface area contributed by atoms with Crippen LogP contribution in [0, 0.1) is 11.6 Å². The Morgan fingerprint density at radius 3 is 2.72 bits per heavy atom. The van der Waals surface area contributed by atoms with E-state index < -0.39 is 11.6 Å². The van der Waals surface area contributed by atoms with Gasteiger partial charge in [0.05, 0.1) is 0 Å². The van der Waals surface area contributed by atoms with Crippen molar-refractivity contribution in [3.63, 3.8) is 0 Å². The molecule has 4 nitrogen and oxygen atoms in total. The van der Waals surface area contributed by atoms with Gasteiger partial charge < -0.3 is 10.6 Å². The molecule has 25 heavy (non-hydrogen) atoms. The van der Waals surface area contributed by atoms with Crippen molar-refractivity contribution in [1.82, 2.24) is 15.5 Å². The Morgan fingerprint density at radius 1 is 1.40 bits per heavy atom. The zero-order valence-electron chi connectivity index (χ0n) is 15.1. The predicted octanol–water partition coefficient (Wildman–Crippen LogP) is 2.88. The standard InChI is InChI=1S/C19H28F2N4/c1-4-9-25-10-7-16(8-11-25)24-19(22-3)23-13-14(2)17-6-5-15(20)12-18(17)21/h4-6,12,14,16H,1,7-11,13H2,2-3H3,(H2,22,23,24). The summed E-state index contributed by atoms with van der Waals surface area (Å²) in [6.07, 6.45) is 4.04. The number of guanidine groups is 1. The molecule has 1 unspecified atom stereocenters. The summed E-state index contributed by atoms with van der Waals surface area (Å²) in [6.45, 7) is 9.22. The molecular formula is C19H28F2N4. The van der Waals surface area contributed by atoms with Crippen LogP contribution < -0.4 is 10.6 Å². The second-order valence-corrected chi connectivity index (χ2v) is 6.53. The lowest BCUT2D eigenvalue weighted by Gasteiger charge is -2.32. The first-order chi connectivity index (χ1) is 12.0. The smallest absolute Gasteiger partial charge is 0.191 e. The van der Waals surface area contributed by atoms with E-state index in [0.29, 0.717) is 18.2 Å². The molecule has 0 amide bonds. The van der Waals surface area contributed by atoms with Crippen molar-refractivity contribution < 1.29 is 8.78 Å². The highest BCUT2D eigenvalue weighted by Gasteiger charge is 2.19. The van der Waals surface area contributed by atoms with Crippen LogP contribution in [0.5, 0.6) is 0 Å². The Balaban J connectivity index is 1.81. The van der Waals surface area contributed by atoms with Crippen LogP contribution in [-0.2, 0) is 0 Å². The molecule has 138 valence electrons. The van der Waals surface area contributed by atoms with E-state index >= 15 is 0 Å². The van der Waals surface area contributed by atoms with Crippen LogP contribution in [-0.4, -0.2) is 50.1 Å². The number of hydrogen-bond acceptors (Lipinski definition) is 2. The molecular weight excluding hydrogens is 322 g/mol. The molecule has 0 bridgehead atoms. The first kappa shape index (κ1) is 19.4. The zero-order chi connectivity index (χ0) is 18.2. The molecule has 1 fully saturated rings. The lowest BCUT2D eigenvalue weighted by Crippen LogP contribution is -2.49. The van der Waals surface area contributed by atoms with E-state index in [1.807, 2.05) is 13.0 Å². The number of likely N-dealkylation sites (tertiary alicyclic amines) is 1. The van der Waals surface area contributed by atoms with Gasteiger partial charge in [0, 0.05) is 51.3 Å². The Bertz CT molecular complexity index is 595. The van der Waals surface area contributed by atoms with Gasteiger partial charge in [0.1, 0.15) is 11.6 Å². The molecule has 1 aromatic carbocycles. The van der Waals surface area contributed by atoms with Gasteiger partial charge in [0.15, 0.2) is 5.96 Å². The lowest BCUT2D eigenvalue weighted by molar-refractivity contribution is 0.225. The van der Waals surface area contributed by atoms with Crippen LogP contribution in [0.25, 0.3) is 0 Å². The summed E-state index contributed by atoms with van der Waals surface area (Å²) < 4.78 is 26.9. The van der Waals surface area contributed by atoms with Crippen molar-refractivity contribution >= 4 is 5.96 Å². The molecule has 1 aliphatic heterocycles. The highest BCUT2D eigenvalue weighted by Crippen LogP contribution is 2.19. The molecule has 1 heterocycles. The van der Waals surface area contributed by atoms with Crippen molar-refractivity contribution in [3.05, 3.63) is 48.1 Å². The molecule has 1 saturated heterocycles. The highest BCUT2D eigenvalue weighted by atomic mass is 19.1. The van der Waals surface area contributed by atoms with Gasteiger partial charge in [-0.15, -0.1) is 6.58 Å². The fraction of sp³-hybridized carbons (Fsp3) is 0.526. The van der Waals surface area contributed by atoms with Crippen LogP contribution in [0.15, 0.2) is 35.8 Å². The summed E-state index contributed by atoms with van der Waals surface area (Å²) >= 11 is 0. The average molecular weight is 350 g/mol. The lowest BCUT2D eigenvalue weighted by atomic mass is 10.0. The maximum absolute atomic E-state index is 13.9. The Kier molecular flexibility index (Phi) is 7.37. The summed E-state index contributed by atoms with van der Waals surface area (Å²) in [5.41, 5.74) is 0.502. The molecule has 2 rings (SSSR count). The second-order valence-electron chi connectivity index (χ2n) is 6.53. The van der Waals surface area contributed by atoms with Gasteiger partial charge >= 0.3 is 0 Å². The predicted molar refractivity (Wildman–Crippen MR) is 98.9 cm³/mol. The number of nitrogens with zero attached hydrogens (tertiary/aromatic N) is 2. The average Bonchev–Trinajstić information content (AvgIpc) is 2.60. The molecule has 1 atom stereocenters. The van der Waals surface area contributed by atoms with Crippen LogP contribution >= 0.6 is 0 Å². The van der Waals surface area contributed by atoms with Gasteiger partial charge in [-0.2, -0.15) is 0 Å². The van der Waals surface area contributed by atoms with Gasteiger partial charge in [-0.05, 0) is 24.5 Å². The number of benzene rings is 1. The Morgan fingerprint density at radius 2 is 2.12 bits per heavy atom. The minimum absolute atomic E-state index is 0.0893. The number of rotatable bonds is 6. The summed E-state index contributed by atoms with van der Waals surface area (Å²) in [5, 5.41) is 6.67. The zero-order valence-corrected chi connectivity index (χ0v) is 15.1. The van der Waals surface area contributed by atoms with Crippen molar-refractivity contribution in [2.75, 3.05) is 33.2 Å². The third kappa shape index (κ3) is 5.81. The highest BCUT2D eigenvalue weighted by molar-refractivity contribution is 5.80. The summed E-state index contributed by atoms with van der Waals surface area (Å²) in [4.78, 5) is 6.63. The molecule has 0 saturated carbocycles. The molecule has 6 heteroatoms. The second kappa shape index (κ2) is 9.51. The van der Waals surface area contributed by atoms with Gasteiger partial charge in [0.25, 0.3) is 0 Å². The number of piperidine rings is 1. The minimum atomic E-state index is -0.554. The van der Waals surface area contributed by atoms with Gasteiger partial charge in [-0.3, -0.25) is 9.89 Å². The number of halogens is 2. The number of nitrogens with one attached hydrogen (secondary N) is 2. The summed E-state index contributed by atoms with van der Waals surface area (Å²) in [7, 11) is 1.73. The maximum Gasteiger partial charge on any atom is 0.191 e. The third-order valence-corrected chi connectivity index (χ3v) is 4.61. The molecule has 1 aliphatic rings. The Labute approximate surface area is 149 Å². The van der Waals surface area contributed by atoms with Crippen molar-refractivity contribution in [2.24, 2.45) is 4.99 Å². The maximum atomic E-state index is 13.9. The third-order valence-electron chi connectivity index (χ3n) is 4.61. The van der Waals surface area contributed by atoms with E-state index in [4.69, 9.17) is 0 Å². The van der Waals surface area contributed by atoms with Crippen LogP contribution in [0.4, 0.5) is 8.78 Å². The van der Waals surface area contributed by atoms with Crippen LogP contribution in [0.1, 0.15) is 31.2 Å². The van der Waals surface area contributed by atoms with Gasteiger partial charge in [-0.1, -0.05) is 19.1 Å². The van der Waals surface area contributed by atoms with E-state index in [2.05, 4.69) is 27.1 Å². The van der Waals surface area contributed by atoms with E-state index in [9.17, 15) is 8.78 Å². The van der Waals surface area contributed by atoms with Crippen molar-refractivity contribution in [1.29, 1.82) is 0 Å². The summed E-state index contributed by atoms with van der Waals surface area (Å²) in [6, 6.07) is 4.10. The molecule has 0 radical (unpaired) electrons. The normalized spacial score (nSPS) is 18.0.